The van der Waals surface area contributed by atoms with Crippen LogP contribution in [0.2, 0.25) is 0 Å². The molecular weight excluding hydrogens is 220 g/mol. The van der Waals surface area contributed by atoms with Crippen LogP contribution in [0.15, 0.2) is 24.0 Å². The van der Waals surface area contributed by atoms with E-state index in [2.05, 4.69) is 26.0 Å². The van der Waals surface area contributed by atoms with Crippen molar-refractivity contribution in [3.05, 3.63) is 29.0 Å². The van der Waals surface area contributed by atoms with Gasteiger partial charge in [0, 0.05) is 43.0 Å². The zero-order chi connectivity index (χ0) is 10.8. The van der Waals surface area contributed by atoms with Crippen LogP contribution >= 0.6 is 11.3 Å². The van der Waals surface area contributed by atoms with E-state index in [4.69, 9.17) is 0 Å². The van der Waals surface area contributed by atoms with Crippen molar-refractivity contribution in [2.45, 2.75) is 25.3 Å². The summed E-state index contributed by atoms with van der Waals surface area (Å²) in [6.07, 6.45) is 9.32. The molecule has 0 aromatic carbocycles. The number of rotatable bonds is 5. The van der Waals surface area contributed by atoms with Crippen molar-refractivity contribution in [1.29, 1.82) is 0 Å². The molecule has 1 aliphatic rings. The van der Waals surface area contributed by atoms with Gasteiger partial charge in [-0.05, 0) is 12.8 Å². The van der Waals surface area contributed by atoms with E-state index in [0.29, 0.717) is 6.04 Å². The van der Waals surface area contributed by atoms with Gasteiger partial charge in [0.2, 0.25) is 5.95 Å². The van der Waals surface area contributed by atoms with E-state index in [1.807, 2.05) is 17.8 Å². The van der Waals surface area contributed by atoms with Gasteiger partial charge in [-0.3, -0.25) is 0 Å². The van der Waals surface area contributed by atoms with E-state index in [1.165, 1.54) is 17.8 Å². The third kappa shape index (κ3) is 2.09. The number of hydrogen-bond donors (Lipinski definition) is 1. The van der Waals surface area contributed by atoms with E-state index in [0.717, 1.165) is 18.9 Å². The lowest BCUT2D eigenvalue weighted by atomic mass is 10.4. The summed E-state index contributed by atoms with van der Waals surface area (Å²) < 4.78 is 2.24. The average molecular weight is 234 g/mol. The van der Waals surface area contributed by atoms with Crippen molar-refractivity contribution < 1.29 is 0 Å². The minimum atomic E-state index is 0.685. The van der Waals surface area contributed by atoms with E-state index in [9.17, 15) is 0 Å². The number of imidazole rings is 1. The Hall–Kier alpha value is -1.36. The first-order valence-electron chi connectivity index (χ1n) is 5.58. The number of hydrogen-bond acceptors (Lipinski definition) is 4. The summed E-state index contributed by atoms with van der Waals surface area (Å²) in [5, 5.41) is 6.56. The molecule has 0 aliphatic heterocycles. The molecule has 2 aromatic rings. The fourth-order valence-electron chi connectivity index (χ4n) is 1.75. The molecule has 4 nitrogen and oxygen atoms in total. The van der Waals surface area contributed by atoms with Gasteiger partial charge >= 0.3 is 0 Å². The van der Waals surface area contributed by atoms with Crippen LogP contribution in [0.1, 0.15) is 23.9 Å². The van der Waals surface area contributed by atoms with Crippen LogP contribution < -0.4 is 5.32 Å². The van der Waals surface area contributed by atoms with Gasteiger partial charge in [0.15, 0.2) is 0 Å². The molecule has 2 aromatic heterocycles. The summed E-state index contributed by atoms with van der Waals surface area (Å²) in [7, 11) is 0. The van der Waals surface area contributed by atoms with Gasteiger partial charge in [-0.15, -0.1) is 11.3 Å². The number of anilines is 1. The molecule has 0 amide bonds. The minimum Gasteiger partial charge on any atom is -0.355 e. The second kappa shape index (κ2) is 4.25. The second-order valence-electron chi connectivity index (χ2n) is 3.99. The number of thiazole rings is 1. The Balaban J connectivity index is 1.56. The molecule has 0 saturated heterocycles. The molecule has 1 saturated carbocycles. The third-order valence-electron chi connectivity index (χ3n) is 2.71. The SMILES string of the molecule is c1csc(CCNc2nccn2C2CC2)n1. The smallest absolute Gasteiger partial charge is 0.203 e. The lowest BCUT2D eigenvalue weighted by Crippen LogP contribution is -2.09. The van der Waals surface area contributed by atoms with Crippen molar-refractivity contribution in [2.24, 2.45) is 0 Å². The normalized spacial score (nSPS) is 15.2. The summed E-state index contributed by atoms with van der Waals surface area (Å²) in [5.74, 6) is 0.999. The Morgan fingerprint density at radius 1 is 1.38 bits per heavy atom. The highest BCUT2D eigenvalue weighted by atomic mass is 32.1. The molecule has 1 N–H and O–H groups in total. The fourth-order valence-corrected chi connectivity index (χ4v) is 2.38. The molecule has 0 radical (unpaired) electrons. The van der Waals surface area contributed by atoms with Crippen LogP contribution in [0.3, 0.4) is 0 Å². The lowest BCUT2D eigenvalue weighted by molar-refractivity contribution is 0.742. The summed E-state index contributed by atoms with van der Waals surface area (Å²) in [6.45, 7) is 0.900. The van der Waals surface area contributed by atoms with Crippen molar-refractivity contribution in [2.75, 3.05) is 11.9 Å². The van der Waals surface area contributed by atoms with Crippen molar-refractivity contribution in [3.63, 3.8) is 0 Å². The summed E-state index contributed by atoms with van der Waals surface area (Å²) >= 11 is 1.70. The van der Waals surface area contributed by atoms with Crippen molar-refractivity contribution in [1.82, 2.24) is 14.5 Å². The average Bonchev–Trinajstić information content (AvgIpc) is 2.82. The van der Waals surface area contributed by atoms with Gasteiger partial charge in [-0.1, -0.05) is 0 Å². The number of nitrogens with zero attached hydrogens (tertiary/aromatic N) is 3. The maximum Gasteiger partial charge on any atom is 0.203 e. The first kappa shape index (κ1) is 9.84. The Morgan fingerprint density at radius 3 is 3.06 bits per heavy atom. The van der Waals surface area contributed by atoms with Gasteiger partial charge in [-0.25, -0.2) is 9.97 Å². The summed E-state index contributed by atoms with van der Waals surface area (Å²) in [6, 6.07) is 0.685. The molecule has 1 aliphatic carbocycles. The second-order valence-corrected chi connectivity index (χ2v) is 4.97. The Bertz CT molecular complexity index is 444. The Morgan fingerprint density at radius 2 is 2.31 bits per heavy atom. The van der Waals surface area contributed by atoms with Crippen LogP contribution in [-0.4, -0.2) is 21.1 Å². The molecule has 0 bridgehead atoms. The predicted molar refractivity (Wildman–Crippen MR) is 64.8 cm³/mol. The fraction of sp³-hybridized carbons (Fsp3) is 0.455. The highest BCUT2D eigenvalue weighted by Gasteiger charge is 2.25. The topological polar surface area (TPSA) is 42.7 Å². The molecule has 2 heterocycles. The van der Waals surface area contributed by atoms with Gasteiger partial charge in [0.25, 0.3) is 0 Å². The number of aromatic nitrogens is 3. The van der Waals surface area contributed by atoms with Crippen LogP contribution in [-0.2, 0) is 6.42 Å². The molecule has 84 valence electrons. The van der Waals surface area contributed by atoms with Crippen LogP contribution in [0, 0.1) is 0 Å². The van der Waals surface area contributed by atoms with Gasteiger partial charge < -0.3 is 9.88 Å². The largest absolute Gasteiger partial charge is 0.355 e. The zero-order valence-electron chi connectivity index (χ0n) is 8.97. The minimum absolute atomic E-state index is 0.685. The first-order chi connectivity index (χ1) is 7.93. The van der Waals surface area contributed by atoms with Gasteiger partial charge in [0.1, 0.15) is 0 Å². The van der Waals surface area contributed by atoms with Gasteiger partial charge in [-0.2, -0.15) is 0 Å². The van der Waals surface area contributed by atoms with Crippen LogP contribution in [0.25, 0.3) is 0 Å². The number of nitrogens with one attached hydrogen (secondary N) is 1. The maximum atomic E-state index is 4.33. The standard InChI is InChI=1S/C11H14N4S/c1-2-9(1)15-7-5-14-11(15)13-4-3-10-12-6-8-16-10/h5-9H,1-4H2,(H,13,14). The molecule has 0 unspecified atom stereocenters. The maximum absolute atomic E-state index is 4.33. The van der Waals surface area contributed by atoms with Gasteiger partial charge in [0.05, 0.1) is 5.01 Å². The van der Waals surface area contributed by atoms with Crippen LogP contribution in [0.4, 0.5) is 5.95 Å². The first-order valence-corrected chi connectivity index (χ1v) is 6.46. The molecule has 0 atom stereocenters. The highest BCUT2D eigenvalue weighted by Crippen LogP contribution is 2.36. The van der Waals surface area contributed by atoms with Crippen molar-refractivity contribution >= 4 is 17.3 Å². The Kier molecular flexibility index (Phi) is 2.61. The molecule has 5 heteroatoms. The zero-order valence-corrected chi connectivity index (χ0v) is 9.78. The quantitative estimate of drug-likeness (QED) is 0.863. The molecule has 0 spiro atoms. The molecule has 16 heavy (non-hydrogen) atoms. The molecule has 3 rings (SSSR count). The lowest BCUT2D eigenvalue weighted by Gasteiger charge is -2.07. The van der Waals surface area contributed by atoms with Crippen LogP contribution in [0.5, 0.6) is 0 Å². The Labute approximate surface area is 98.4 Å². The third-order valence-corrected chi connectivity index (χ3v) is 3.55. The molecular formula is C11H14N4S. The highest BCUT2D eigenvalue weighted by molar-refractivity contribution is 7.09. The summed E-state index contributed by atoms with van der Waals surface area (Å²) in [4.78, 5) is 8.59. The summed E-state index contributed by atoms with van der Waals surface area (Å²) in [5.41, 5.74) is 0. The van der Waals surface area contributed by atoms with E-state index < -0.39 is 0 Å². The van der Waals surface area contributed by atoms with Crippen molar-refractivity contribution in [3.8, 4) is 0 Å². The van der Waals surface area contributed by atoms with E-state index >= 15 is 0 Å². The van der Waals surface area contributed by atoms with E-state index in [-0.39, 0.29) is 0 Å². The molecule has 1 fully saturated rings. The predicted octanol–water partition coefficient (Wildman–Crippen LogP) is 2.33. The van der Waals surface area contributed by atoms with E-state index in [1.54, 1.807) is 11.3 Å². The monoisotopic (exact) mass is 234 g/mol.